The van der Waals surface area contributed by atoms with Crippen molar-refractivity contribution in [1.29, 1.82) is 0 Å². The van der Waals surface area contributed by atoms with Crippen molar-refractivity contribution in [2.24, 2.45) is 7.05 Å². The molecule has 1 fully saturated rings. The van der Waals surface area contributed by atoms with Gasteiger partial charge in [0.05, 0.1) is 6.54 Å². The fourth-order valence-electron chi connectivity index (χ4n) is 2.19. The van der Waals surface area contributed by atoms with Crippen LogP contribution >= 0.6 is 0 Å². The zero-order chi connectivity index (χ0) is 16.5. The van der Waals surface area contributed by atoms with Crippen molar-refractivity contribution in [1.82, 2.24) is 14.7 Å². The van der Waals surface area contributed by atoms with Crippen LogP contribution < -0.4 is 0 Å². The number of carbonyl (C=O) groups is 2. The Kier molecular flexibility index (Phi) is 4.44. The van der Waals surface area contributed by atoms with Crippen molar-refractivity contribution in [2.45, 2.75) is 45.8 Å². The Morgan fingerprint density at radius 2 is 2.05 bits per heavy atom. The molecule has 0 saturated carbocycles. The van der Waals surface area contributed by atoms with Crippen LogP contribution in [0.2, 0.25) is 0 Å². The van der Waals surface area contributed by atoms with Crippen LogP contribution in [-0.4, -0.2) is 51.5 Å². The van der Waals surface area contributed by atoms with E-state index in [0.29, 0.717) is 19.5 Å². The highest BCUT2D eigenvalue weighted by Crippen LogP contribution is 2.18. The second kappa shape index (κ2) is 5.98. The topological polar surface area (TPSA) is 73.7 Å². The Morgan fingerprint density at radius 1 is 1.36 bits per heavy atom. The number of amides is 1. The summed E-state index contributed by atoms with van der Waals surface area (Å²) in [5, 5.41) is 4.09. The van der Waals surface area contributed by atoms with Gasteiger partial charge in [0.1, 0.15) is 11.7 Å². The summed E-state index contributed by atoms with van der Waals surface area (Å²) in [5.74, 6) is -0.459. The second-order valence-electron chi connectivity index (χ2n) is 6.54. The lowest BCUT2D eigenvalue weighted by atomic mass is 10.2. The normalized spacial score (nSPS) is 18.4. The third-order valence-electron chi connectivity index (χ3n) is 3.39. The lowest BCUT2D eigenvalue weighted by Gasteiger charge is -2.24. The van der Waals surface area contributed by atoms with Gasteiger partial charge in [-0.05, 0) is 33.8 Å². The van der Waals surface area contributed by atoms with Gasteiger partial charge in [-0.2, -0.15) is 5.10 Å². The fraction of sp³-hybridized carbons (Fsp3) is 0.667. The van der Waals surface area contributed by atoms with E-state index >= 15 is 0 Å². The Bertz CT molecular complexity index is 554. The molecule has 2 heterocycles. The van der Waals surface area contributed by atoms with E-state index in [4.69, 9.17) is 9.47 Å². The van der Waals surface area contributed by atoms with Gasteiger partial charge in [-0.1, -0.05) is 0 Å². The molecular formula is C15H23N3O4. The Hall–Kier alpha value is -2.05. The van der Waals surface area contributed by atoms with E-state index in [0.717, 1.165) is 5.69 Å². The lowest BCUT2D eigenvalue weighted by molar-refractivity contribution is 0.0188. The average Bonchev–Trinajstić information content (AvgIpc) is 2.95. The van der Waals surface area contributed by atoms with Crippen LogP contribution in [0.3, 0.4) is 0 Å². The second-order valence-corrected chi connectivity index (χ2v) is 6.54. The summed E-state index contributed by atoms with van der Waals surface area (Å²) in [6, 6.07) is 1.68. The average molecular weight is 309 g/mol. The highest BCUT2D eigenvalue weighted by atomic mass is 16.6. The van der Waals surface area contributed by atoms with Crippen LogP contribution in [0, 0.1) is 6.92 Å². The van der Waals surface area contributed by atoms with Crippen molar-refractivity contribution in [3.8, 4) is 0 Å². The van der Waals surface area contributed by atoms with Crippen molar-refractivity contribution in [2.75, 3.05) is 13.1 Å². The summed E-state index contributed by atoms with van der Waals surface area (Å²) < 4.78 is 12.3. The minimum atomic E-state index is -0.530. The maximum atomic E-state index is 12.0. The van der Waals surface area contributed by atoms with Gasteiger partial charge in [0.15, 0.2) is 5.69 Å². The molecule has 1 aromatic rings. The number of esters is 1. The van der Waals surface area contributed by atoms with Crippen LogP contribution in [0.25, 0.3) is 0 Å². The number of carbonyl (C=O) groups excluding carboxylic acids is 2. The molecular weight excluding hydrogens is 286 g/mol. The largest absolute Gasteiger partial charge is 0.456 e. The summed E-state index contributed by atoms with van der Waals surface area (Å²) >= 11 is 0. The van der Waals surface area contributed by atoms with Crippen LogP contribution in [0.5, 0.6) is 0 Å². The monoisotopic (exact) mass is 309 g/mol. The molecule has 0 radical (unpaired) electrons. The van der Waals surface area contributed by atoms with Crippen LogP contribution in [0.15, 0.2) is 6.07 Å². The van der Waals surface area contributed by atoms with Crippen LogP contribution in [0.1, 0.15) is 43.4 Å². The molecule has 7 nitrogen and oxygen atoms in total. The Morgan fingerprint density at radius 3 is 2.59 bits per heavy atom. The molecule has 22 heavy (non-hydrogen) atoms. The predicted molar refractivity (Wildman–Crippen MR) is 79.6 cm³/mol. The standard InChI is InChI=1S/C15H23N3O4/c1-10-8-12(16-17(10)5)13(19)21-11-6-7-18(9-11)14(20)22-15(2,3)4/h8,11H,6-7,9H2,1-5H3/t11-/m0/s1. The zero-order valence-corrected chi connectivity index (χ0v) is 13.8. The molecule has 0 N–H and O–H groups in total. The number of hydrogen-bond acceptors (Lipinski definition) is 5. The smallest absolute Gasteiger partial charge is 0.410 e. The number of aryl methyl sites for hydroxylation is 2. The maximum absolute atomic E-state index is 12.0. The van der Waals surface area contributed by atoms with Crippen molar-refractivity contribution in [3.05, 3.63) is 17.5 Å². The van der Waals surface area contributed by atoms with Crippen LogP contribution in [0.4, 0.5) is 4.79 Å². The molecule has 0 aromatic carbocycles. The number of hydrogen-bond donors (Lipinski definition) is 0. The number of rotatable bonds is 2. The first-order chi connectivity index (χ1) is 10.2. The molecule has 1 saturated heterocycles. The quantitative estimate of drug-likeness (QED) is 0.780. The summed E-state index contributed by atoms with van der Waals surface area (Å²) in [5.41, 5.74) is 0.640. The van der Waals surface area contributed by atoms with Gasteiger partial charge >= 0.3 is 12.1 Å². The molecule has 7 heteroatoms. The van der Waals surface area contributed by atoms with Gasteiger partial charge < -0.3 is 14.4 Å². The molecule has 2 rings (SSSR count). The first-order valence-electron chi connectivity index (χ1n) is 7.35. The van der Waals surface area contributed by atoms with E-state index in [1.54, 1.807) is 22.7 Å². The highest BCUT2D eigenvalue weighted by molar-refractivity contribution is 5.87. The highest BCUT2D eigenvalue weighted by Gasteiger charge is 2.32. The van der Waals surface area contributed by atoms with Gasteiger partial charge in [0.2, 0.25) is 0 Å². The number of likely N-dealkylation sites (tertiary alicyclic amines) is 1. The Balaban J connectivity index is 1.88. The molecule has 122 valence electrons. The van der Waals surface area contributed by atoms with E-state index in [1.807, 2.05) is 27.7 Å². The first kappa shape index (κ1) is 16.3. The molecule has 1 atom stereocenters. The molecule has 0 bridgehead atoms. The molecule has 0 unspecified atom stereocenters. The zero-order valence-electron chi connectivity index (χ0n) is 13.8. The molecule has 0 aliphatic carbocycles. The summed E-state index contributed by atoms with van der Waals surface area (Å²) in [6.45, 7) is 8.20. The number of aromatic nitrogens is 2. The third kappa shape index (κ3) is 3.99. The lowest BCUT2D eigenvalue weighted by Crippen LogP contribution is -2.36. The predicted octanol–water partition coefficient (Wildman–Crippen LogP) is 1.89. The van der Waals surface area contributed by atoms with E-state index in [9.17, 15) is 9.59 Å². The van der Waals surface area contributed by atoms with Gasteiger partial charge in [-0.15, -0.1) is 0 Å². The third-order valence-corrected chi connectivity index (χ3v) is 3.39. The Labute approximate surface area is 130 Å². The molecule has 1 aliphatic rings. The van der Waals surface area contributed by atoms with Crippen molar-refractivity contribution >= 4 is 12.1 Å². The van der Waals surface area contributed by atoms with Crippen LogP contribution in [-0.2, 0) is 16.5 Å². The number of nitrogens with zero attached hydrogens (tertiary/aromatic N) is 3. The molecule has 1 aliphatic heterocycles. The molecule has 1 amide bonds. The maximum Gasteiger partial charge on any atom is 0.410 e. The summed E-state index contributed by atoms with van der Waals surface area (Å²) in [7, 11) is 1.77. The van der Waals surface area contributed by atoms with Gasteiger partial charge in [-0.3, -0.25) is 4.68 Å². The van der Waals surface area contributed by atoms with E-state index in [-0.39, 0.29) is 17.9 Å². The minimum absolute atomic E-state index is 0.288. The summed E-state index contributed by atoms with van der Waals surface area (Å²) in [4.78, 5) is 25.6. The molecule has 0 spiro atoms. The van der Waals surface area contributed by atoms with Gasteiger partial charge in [0.25, 0.3) is 0 Å². The van der Waals surface area contributed by atoms with Gasteiger partial charge in [0, 0.05) is 25.7 Å². The van der Waals surface area contributed by atoms with Crippen molar-refractivity contribution < 1.29 is 19.1 Å². The van der Waals surface area contributed by atoms with Crippen molar-refractivity contribution in [3.63, 3.8) is 0 Å². The molecule has 1 aromatic heterocycles. The van der Waals surface area contributed by atoms with E-state index < -0.39 is 11.6 Å². The van der Waals surface area contributed by atoms with E-state index in [1.165, 1.54) is 0 Å². The van der Waals surface area contributed by atoms with Gasteiger partial charge in [-0.25, -0.2) is 9.59 Å². The number of ether oxygens (including phenoxy) is 2. The first-order valence-corrected chi connectivity index (χ1v) is 7.35. The fourth-order valence-corrected chi connectivity index (χ4v) is 2.19. The minimum Gasteiger partial charge on any atom is -0.456 e. The van der Waals surface area contributed by atoms with E-state index in [2.05, 4.69) is 5.10 Å². The SMILES string of the molecule is Cc1cc(C(=O)O[C@H]2CCN(C(=O)OC(C)(C)C)C2)nn1C. The summed E-state index contributed by atoms with van der Waals surface area (Å²) in [6.07, 6.45) is -0.0846.